The third-order valence-corrected chi connectivity index (χ3v) is 6.73. The van der Waals surface area contributed by atoms with E-state index in [1.54, 1.807) is 17.4 Å². The van der Waals surface area contributed by atoms with Crippen LogP contribution in [-0.2, 0) is 6.18 Å². The molecule has 26 heavy (non-hydrogen) atoms. The third-order valence-electron chi connectivity index (χ3n) is 5.73. The molecule has 1 saturated carbocycles. The van der Waals surface area contributed by atoms with Crippen LogP contribution < -0.4 is 0 Å². The zero-order valence-corrected chi connectivity index (χ0v) is 15.5. The SMILES string of the molecule is FC(F)(F)c1cccc(-c2csc(C3CCN(C4CCCC4)CC3)n2)c1. The van der Waals surface area contributed by atoms with Crippen molar-refractivity contribution < 1.29 is 13.2 Å². The summed E-state index contributed by atoms with van der Waals surface area (Å²) in [6, 6.07) is 6.23. The predicted molar refractivity (Wildman–Crippen MR) is 98.4 cm³/mol. The fraction of sp³-hybridized carbons (Fsp3) is 0.550. The molecule has 0 spiro atoms. The van der Waals surface area contributed by atoms with Crippen LogP contribution in [0.15, 0.2) is 29.6 Å². The summed E-state index contributed by atoms with van der Waals surface area (Å²) in [7, 11) is 0. The fourth-order valence-electron chi connectivity index (χ4n) is 4.24. The highest BCUT2D eigenvalue weighted by molar-refractivity contribution is 7.10. The molecule has 1 saturated heterocycles. The van der Waals surface area contributed by atoms with Crippen LogP contribution >= 0.6 is 11.3 Å². The average molecular weight is 380 g/mol. The fourth-order valence-corrected chi connectivity index (χ4v) is 5.24. The second-order valence-electron chi connectivity index (χ2n) is 7.40. The Morgan fingerprint density at radius 2 is 1.77 bits per heavy atom. The number of hydrogen-bond acceptors (Lipinski definition) is 3. The van der Waals surface area contributed by atoms with Gasteiger partial charge in [0.2, 0.25) is 0 Å². The van der Waals surface area contributed by atoms with Gasteiger partial charge in [0.1, 0.15) is 0 Å². The van der Waals surface area contributed by atoms with E-state index in [-0.39, 0.29) is 0 Å². The van der Waals surface area contributed by atoms with Crippen molar-refractivity contribution in [2.24, 2.45) is 0 Å². The van der Waals surface area contributed by atoms with Crippen molar-refractivity contribution in [2.45, 2.75) is 56.7 Å². The molecule has 4 rings (SSSR count). The van der Waals surface area contributed by atoms with Crippen LogP contribution in [0.5, 0.6) is 0 Å². The summed E-state index contributed by atoms with van der Waals surface area (Å²) in [6.07, 6.45) is 3.28. The van der Waals surface area contributed by atoms with E-state index in [4.69, 9.17) is 0 Å². The standard InChI is InChI=1S/C20H23F3N2S/c21-20(22,23)16-5-3-4-15(12-16)18-13-26-19(24-18)14-8-10-25(11-9-14)17-6-1-2-7-17/h3-5,12-14,17H,1-2,6-11H2. The molecule has 0 radical (unpaired) electrons. The topological polar surface area (TPSA) is 16.1 Å². The summed E-state index contributed by atoms with van der Waals surface area (Å²) >= 11 is 1.59. The second kappa shape index (κ2) is 7.31. The number of thiazole rings is 1. The predicted octanol–water partition coefficient (Wildman–Crippen LogP) is 5.95. The molecule has 0 atom stereocenters. The van der Waals surface area contributed by atoms with Crippen LogP contribution in [0.2, 0.25) is 0 Å². The van der Waals surface area contributed by atoms with Crippen molar-refractivity contribution >= 4 is 11.3 Å². The molecule has 0 amide bonds. The van der Waals surface area contributed by atoms with Gasteiger partial charge in [0.25, 0.3) is 0 Å². The first-order chi connectivity index (χ1) is 12.5. The molecule has 1 aliphatic heterocycles. The van der Waals surface area contributed by atoms with Gasteiger partial charge in [-0.1, -0.05) is 25.0 Å². The number of alkyl halides is 3. The molecule has 2 nitrogen and oxygen atoms in total. The summed E-state index contributed by atoms with van der Waals surface area (Å²) in [6.45, 7) is 2.24. The number of nitrogens with zero attached hydrogens (tertiary/aromatic N) is 2. The van der Waals surface area contributed by atoms with Crippen molar-refractivity contribution in [1.82, 2.24) is 9.88 Å². The van der Waals surface area contributed by atoms with Crippen molar-refractivity contribution in [3.63, 3.8) is 0 Å². The number of benzene rings is 1. The Hall–Kier alpha value is -1.40. The molecule has 2 aromatic rings. The van der Waals surface area contributed by atoms with Gasteiger partial charge in [0.15, 0.2) is 0 Å². The van der Waals surface area contributed by atoms with Crippen LogP contribution in [0.4, 0.5) is 13.2 Å². The van der Waals surface area contributed by atoms with Gasteiger partial charge in [-0.05, 0) is 50.9 Å². The van der Waals surface area contributed by atoms with Crippen LogP contribution in [0.1, 0.15) is 55.0 Å². The molecule has 1 aromatic heterocycles. The number of piperidine rings is 1. The molecule has 1 aliphatic carbocycles. The molecule has 2 heterocycles. The van der Waals surface area contributed by atoms with E-state index in [0.29, 0.717) is 17.2 Å². The maximum atomic E-state index is 12.9. The smallest absolute Gasteiger partial charge is 0.300 e. The Bertz CT molecular complexity index is 742. The lowest BCUT2D eigenvalue weighted by atomic mass is 9.96. The van der Waals surface area contributed by atoms with Gasteiger partial charge in [-0.2, -0.15) is 13.2 Å². The highest BCUT2D eigenvalue weighted by Crippen LogP contribution is 2.36. The Morgan fingerprint density at radius 1 is 1.04 bits per heavy atom. The van der Waals surface area contributed by atoms with Gasteiger partial charge in [-0.15, -0.1) is 11.3 Å². The number of hydrogen-bond donors (Lipinski definition) is 0. The van der Waals surface area contributed by atoms with Crippen LogP contribution in [0, 0.1) is 0 Å². The van der Waals surface area contributed by atoms with Gasteiger partial charge in [0, 0.05) is 22.9 Å². The Balaban J connectivity index is 1.44. The Morgan fingerprint density at radius 3 is 2.46 bits per heavy atom. The van der Waals surface area contributed by atoms with Gasteiger partial charge < -0.3 is 4.90 Å². The van der Waals surface area contributed by atoms with Gasteiger partial charge in [-0.25, -0.2) is 4.98 Å². The number of rotatable bonds is 3. The minimum Gasteiger partial charge on any atom is -0.300 e. The number of likely N-dealkylation sites (tertiary alicyclic amines) is 1. The quantitative estimate of drug-likeness (QED) is 0.654. The molecule has 0 unspecified atom stereocenters. The number of halogens is 3. The molecular weight excluding hydrogens is 357 g/mol. The van der Waals surface area contributed by atoms with E-state index in [2.05, 4.69) is 9.88 Å². The monoisotopic (exact) mass is 380 g/mol. The maximum Gasteiger partial charge on any atom is 0.416 e. The molecule has 2 aliphatic rings. The Labute approximate surface area is 156 Å². The molecule has 1 aromatic carbocycles. The summed E-state index contributed by atoms with van der Waals surface area (Å²) in [4.78, 5) is 7.31. The van der Waals surface area contributed by atoms with E-state index < -0.39 is 11.7 Å². The van der Waals surface area contributed by atoms with Crippen LogP contribution in [0.3, 0.4) is 0 Å². The highest BCUT2D eigenvalue weighted by Gasteiger charge is 2.31. The minimum absolute atomic E-state index is 0.442. The third kappa shape index (κ3) is 3.81. The molecule has 0 N–H and O–H groups in total. The van der Waals surface area contributed by atoms with Gasteiger partial charge in [-0.3, -0.25) is 0 Å². The van der Waals surface area contributed by atoms with E-state index in [1.807, 2.05) is 5.38 Å². The Kier molecular flexibility index (Phi) is 5.06. The minimum atomic E-state index is -4.32. The first-order valence-electron chi connectivity index (χ1n) is 9.38. The van der Waals surface area contributed by atoms with E-state index in [0.717, 1.165) is 43.0 Å². The first kappa shape index (κ1) is 18.0. The largest absolute Gasteiger partial charge is 0.416 e. The van der Waals surface area contributed by atoms with Crippen molar-refractivity contribution in [2.75, 3.05) is 13.1 Å². The van der Waals surface area contributed by atoms with E-state index in [9.17, 15) is 13.2 Å². The summed E-state index contributed by atoms with van der Waals surface area (Å²) in [5, 5.41) is 2.97. The van der Waals surface area contributed by atoms with Crippen LogP contribution in [-0.4, -0.2) is 29.0 Å². The molecule has 2 fully saturated rings. The lowest BCUT2D eigenvalue weighted by molar-refractivity contribution is -0.137. The lowest BCUT2D eigenvalue weighted by Gasteiger charge is -2.35. The highest BCUT2D eigenvalue weighted by atomic mass is 32.1. The molecular formula is C20H23F3N2S. The molecule has 0 bridgehead atoms. The lowest BCUT2D eigenvalue weighted by Crippen LogP contribution is -2.39. The maximum absolute atomic E-state index is 12.9. The zero-order valence-electron chi connectivity index (χ0n) is 14.6. The van der Waals surface area contributed by atoms with Crippen LogP contribution in [0.25, 0.3) is 11.3 Å². The summed E-state index contributed by atoms with van der Waals surface area (Å²) in [5.74, 6) is 0.442. The normalized spacial score (nSPS) is 20.7. The average Bonchev–Trinajstić information content (AvgIpc) is 3.33. The van der Waals surface area contributed by atoms with Gasteiger partial charge in [0.05, 0.1) is 16.3 Å². The summed E-state index contributed by atoms with van der Waals surface area (Å²) < 4.78 is 38.8. The summed E-state index contributed by atoms with van der Waals surface area (Å²) in [5.41, 5.74) is 0.592. The molecule has 140 valence electrons. The number of aromatic nitrogens is 1. The van der Waals surface area contributed by atoms with E-state index in [1.165, 1.54) is 37.8 Å². The van der Waals surface area contributed by atoms with Gasteiger partial charge >= 0.3 is 6.18 Å². The first-order valence-corrected chi connectivity index (χ1v) is 10.3. The second-order valence-corrected chi connectivity index (χ2v) is 8.29. The molecule has 6 heteroatoms. The van der Waals surface area contributed by atoms with E-state index >= 15 is 0 Å². The van der Waals surface area contributed by atoms with Crippen molar-refractivity contribution in [3.8, 4) is 11.3 Å². The zero-order chi connectivity index (χ0) is 18.1. The van der Waals surface area contributed by atoms with Crippen molar-refractivity contribution in [3.05, 3.63) is 40.2 Å². The van der Waals surface area contributed by atoms with Crippen molar-refractivity contribution in [1.29, 1.82) is 0 Å².